The first-order valence-corrected chi connectivity index (χ1v) is 9.41. The second-order valence-corrected chi connectivity index (χ2v) is 7.29. The summed E-state index contributed by atoms with van der Waals surface area (Å²) in [4.78, 5) is 21.1. The normalized spacial score (nSPS) is 12.3. The van der Waals surface area contributed by atoms with E-state index < -0.39 is 0 Å². The van der Waals surface area contributed by atoms with E-state index in [0.717, 1.165) is 28.2 Å². The molecule has 2 heterocycles. The number of pyridine rings is 1. The number of carbonyl (C=O) groups excluding carboxylic acids is 1. The van der Waals surface area contributed by atoms with E-state index in [1.807, 2.05) is 36.4 Å². The van der Waals surface area contributed by atoms with Crippen LogP contribution in [0.3, 0.4) is 0 Å². The molecule has 132 valence electrons. The fraction of sp³-hybridized carbons (Fsp3) is 0.0400. The first-order chi connectivity index (χ1) is 13.8. The molecule has 0 saturated heterocycles. The Kier molecular flexibility index (Phi) is 3.09. The lowest BCUT2D eigenvalue weighted by Crippen LogP contribution is -2.05. The maximum atomic E-state index is 13.3. The molecule has 0 saturated carbocycles. The van der Waals surface area contributed by atoms with E-state index in [0.29, 0.717) is 11.3 Å². The van der Waals surface area contributed by atoms with Crippen LogP contribution in [0.1, 0.15) is 27.2 Å². The van der Waals surface area contributed by atoms with Gasteiger partial charge in [0.05, 0.1) is 5.52 Å². The summed E-state index contributed by atoms with van der Waals surface area (Å²) in [6, 6.07) is 24.5. The summed E-state index contributed by atoms with van der Waals surface area (Å²) in [7, 11) is 0. The second-order valence-electron chi connectivity index (χ2n) is 7.29. The van der Waals surface area contributed by atoms with Gasteiger partial charge in [0.1, 0.15) is 5.69 Å². The van der Waals surface area contributed by atoms with Crippen molar-refractivity contribution in [1.29, 1.82) is 0 Å². The Morgan fingerprint density at radius 2 is 1.64 bits per heavy atom. The first-order valence-electron chi connectivity index (χ1n) is 9.41. The molecule has 0 aliphatic heterocycles. The third-order valence-electron chi connectivity index (χ3n) is 5.70. The minimum absolute atomic E-state index is 0.0455. The molecule has 0 fully saturated rings. The fourth-order valence-corrected chi connectivity index (χ4v) is 4.37. The maximum Gasteiger partial charge on any atom is 0.213 e. The highest BCUT2D eigenvalue weighted by atomic mass is 16.1. The molecule has 0 radical (unpaired) electrons. The molecule has 1 N–H and O–H groups in total. The van der Waals surface area contributed by atoms with E-state index in [-0.39, 0.29) is 5.78 Å². The van der Waals surface area contributed by atoms with Crippen LogP contribution in [-0.2, 0) is 6.42 Å². The van der Waals surface area contributed by atoms with Gasteiger partial charge in [0.25, 0.3) is 0 Å². The van der Waals surface area contributed by atoms with Crippen molar-refractivity contribution in [2.24, 2.45) is 0 Å². The number of hydrogen-bond donors (Lipinski definition) is 1. The van der Waals surface area contributed by atoms with E-state index in [2.05, 4.69) is 46.4 Å². The van der Waals surface area contributed by atoms with E-state index in [4.69, 9.17) is 0 Å². The van der Waals surface area contributed by atoms with Crippen LogP contribution in [0.15, 0.2) is 79.0 Å². The quantitative estimate of drug-likeness (QED) is 0.413. The van der Waals surface area contributed by atoms with Crippen molar-refractivity contribution < 1.29 is 4.79 Å². The van der Waals surface area contributed by atoms with Crippen LogP contribution in [0, 0.1) is 0 Å². The van der Waals surface area contributed by atoms with Crippen molar-refractivity contribution in [3.8, 4) is 11.1 Å². The molecule has 1 aliphatic carbocycles. The lowest BCUT2D eigenvalue weighted by atomic mass is 9.99. The molecule has 3 nitrogen and oxygen atoms in total. The topological polar surface area (TPSA) is 45.8 Å². The van der Waals surface area contributed by atoms with Crippen molar-refractivity contribution in [3.05, 3.63) is 101 Å². The molecule has 2 aromatic heterocycles. The maximum absolute atomic E-state index is 13.3. The number of carbonyl (C=O) groups is 1. The van der Waals surface area contributed by atoms with Crippen molar-refractivity contribution in [3.63, 3.8) is 0 Å². The van der Waals surface area contributed by atoms with Gasteiger partial charge < -0.3 is 4.98 Å². The average Bonchev–Trinajstić information content (AvgIpc) is 3.30. The molecule has 3 aromatic carbocycles. The number of benzene rings is 3. The highest BCUT2D eigenvalue weighted by Gasteiger charge is 2.22. The van der Waals surface area contributed by atoms with Crippen LogP contribution < -0.4 is 0 Å². The van der Waals surface area contributed by atoms with Gasteiger partial charge in [0, 0.05) is 28.0 Å². The average molecular weight is 360 g/mol. The second kappa shape index (κ2) is 5.64. The lowest BCUT2D eigenvalue weighted by Gasteiger charge is -2.06. The Bertz CT molecular complexity index is 1410. The van der Waals surface area contributed by atoms with Gasteiger partial charge in [-0.2, -0.15) is 0 Å². The number of nitrogens with one attached hydrogen (secondary N) is 1. The van der Waals surface area contributed by atoms with Gasteiger partial charge in [0.15, 0.2) is 0 Å². The Morgan fingerprint density at radius 3 is 2.61 bits per heavy atom. The van der Waals surface area contributed by atoms with Crippen LogP contribution in [0.5, 0.6) is 0 Å². The minimum Gasteiger partial charge on any atom is -0.353 e. The third-order valence-corrected chi connectivity index (χ3v) is 5.70. The van der Waals surface area contributed by atoms with Gasteiger partial charge in [-0.15, -0.1) is 0 Å². The van der Waals surface area contributed by atoms with Crippen molar-refractivity contribution >= 4 is 27.6 Å². The van der Waals surface area contributed by atoms with E-state index in [1.165, 1.54) is 22.3 Å². The van der Waals surface area contributed by atoms with Gasteiger partial charge >= 0.3 is 0 Å². The predicted molar refractivity (Wildman–Crippen MR) is 112 cm³/mol. The van der Waals surface area contributed by atoms with Gasteiger partial charge in [-0.1, -0.05) is 54.6 Å². The number of aromatic amines is 1. The molecule has 3 heteroatoms. The summed E-state index contributed by atoms with van der Waals surface area (Å²) in [6.45, 7) is 0. The summed E-state index contributed by atoms with van der Waals surface area (Å²) in [5.41, 5.74) is 8.00. The first kappa shape index (κ1) is 15.3. The zero-order valence-corrected chi connectivity index (χ0v) is 15.1. The Labute approximate surface area is 161 Å². The number of ketones is 1. The Balaban J connectivity index is 1.48. The largest absolute Gasteiger partial charge is 0.353 e. The highest BCUT2D eigenvalue weighted by Crippen LogP contribution is 2.37. The Hall–Kier alpha value is -3.72. The molecular formula is C25H16N2O. The number of nitrogens with zero attached hydrogens (tertiary/aromatic N) is 1. The number of rotatable bonds is 2. The van der Waals surface area contributed by atoms with Gasteiger partial charge in [-0.3, -0.25) is 9.78 Å². The molecule has 0 bridgehead atoms. The summed E-state index contributed by atoms with van der Waals surface area (Å²) in [5, 5.41) is 2.14. The van der Waals surface area contributed by atoms with E-state index in [9.17, 15) is 4.79 Å². The highest BCUT2D eigenvalue weighted by molar-refractivity contribution is 6.19. The third kappa shape index (κ3) is 2.10. The molecule has 0 atom stereocenters. The smallest absolute Gasteiger partial charge is 0.213 e. The lowest BCUT2D eigenvalue weighted by molar-refractivity contribution is 0.103. The fourth-order valence-electron chi connectivity index (χ4n) is 4.37. The Morgan fingerprint density at radius 1 is 0.821 bits per heavy atom. The van der Waals surface area contributed by atoms with Crippen LogP contribution in [-0.4, -0.2) is 15.8 Å². The van der Waals surface area contributed by atoms with Crippen LogP contribution >= 0.6 is 0 Å². The van der Waals surface area contributed by atoms with Gasteiger partial charge in [-0.05, 0) is 46.9 Å². The SMILES string of the molecule is O=C(c1ccc2c(c1)Cc1ccccc1-2)c1nccc2c1[nH]c1ccccc12. The van der Waals surface area contributed by atoms with Crippen molar-refractivity contribution in [2.45, 2.75) is 6.42 Å². The molecule has 0 spiro atoms. The summed E-state index contributed by atoms with van der Waals surface area (Å²) < 4.78 is 0. The van der Waals surface area contributed by atoms with Crippen LogP contribution in [0.4, 0.5) is 0 Å². The number of aromatic nitrogens is 2. The minimum atomic E-state index is -0.0455. The van der Waals surface area contributed by atoms with Crippen molar-refractivity contribution in [1.82, 2.24) is 9.97 Å². The molecule has 6 rings (SSSR count). The predicted octanol–water partition coefficient (Wildman–Crippen LogP) is 5.52. The number of para-hydroxylation sites is 1. The number of H-pyrrole nitrogens is 1. The molecule has 5 aromatic rings. The monoisotopic (exact) mass is 360 g/mol. The van der Waals surface area contributed by atoms with Crippen LogP contribution in [0.25, 0.3) is 32.9 Å². The number of fused-ring (bicyclic) bond motifs is 6. The van der Waals surface area contributed by atoms with Crippen LogP contribution in [0.2, 0.25) is 0 Å². The molecular weight excluding hydrogens is 344 g/mol. The summed E-state index contributed by atoms with van der Waals surface area (Å²) in [6.07, 6.45) is 2.59. The zero-order valence-electron chi connectivity index (χ0n) is 15.1. The summed E-state index contributed by atoms with van der Waals surface area (Å²) >= 11 is 0. The summed E-state index contributed by atoms with van der Waals surface area (Å²) in [5.74, 6) is -0.0455. The molecule has 0 amide bonds. The molecule has 0 unspecified atom stereocenters. The van der Waals surface area contributed by atoms with Crippen molar-refractivity contribution in [2.75, 3.05) is 0 Å². The van der Waals surface area contributed by atoms with E-state index >= 15 is 0 Å². The van der Waals surface area contributed by atoms with Gasteiger partial charge in [-0.25, -0.2) is 0 Å². The number of hydrogen-bond acceptors (Lipinski definition) is 2. The van der Waals surface area contributed by atoms with Gasteiger partial charge in [0.2, 0.25) is 5.78 Å². The molecule has 28 heavy (non-hydrogen) atoms. The zero-order chi connectivity index (χ0) is 18.7. The molecule has 1 aliphatic rings. The standard InChI is InChI=1S/C25H16N2O/c28-25(16-9-10-19-17(14-16)13-15-5-1-2-6-18(15)19)24-23-21(11-12-26-24)20-7-3-4-8-22(20)27-23/h1-12,14,27H,13H2. The van der Waals surface area contributed by atoms with E-state index in [1.54, 1.807) is 6.20 Å².